The number of aromatic amines is 1. The number of halogens is 1. The number of hydrogen-bond acceptors (Lipinski definition) is 10. The molecule has 2 saturated heterocycles. The number of phenolic OH excluding ortho intramolecular Hbond substituents is 1. The lowest BCUT2D eigenvalue weighted by molar-refractivity contribution is 0.0682. The van der Waals surface area contributed by atoms with Crippen LogP contribution in [-0.2, 0) is 17.6 Å². The van der Waals surface area contributed by atoms with Gasteiger partial charge in [-0.25, -0.2) is 9.07 Å². The van der Waals surface area contributed by atoms with Crippen molar-refractivity contribution in [2.75, 3.05) is 31.7 Å². The highest BCUT2D eigenvalue weighted by Crippen LogP contribution is 2.53. The molecule has 3 aromatic carbocycles. The van der Waals surface area contributed by atoms with Crippen LogP contribution in [0.1, 0.15) is 75.6 Å². The molecule has 3 fully saturated rings. The third-order valence-corrected chi connectivity index (χ3v) is 12.0. The summed E-state index contributed by atoms with van der Waals surface area (Å²) in [4.78, 5) is 12.1. The number of nitrogens with one attached hydrogen (secondary N) is 2. The molecule has 1 aliphatic carbocycles. The molecule has 2 aliphatic heterocycles. The monoisotopic (exact) mass is 745 g/mol. The summed E-state index contributed by atoms with van der Waals surface area (Å²) in [6.07, 6.45) is 7.55. The number of aromatic nitrogens is 7. The standard InChI is InChI=1S/C42H48FN9O3/c1-22(2)24(4)52-20-36(49-50-52)27-9-6-25(7-10-27)8-13-30-34(43)16-35-33(18-45-48-35)37(30)38-31(26-11-12-26)15-32-39(40(38)53)46-42(55-21-23(3)54-5)47-41(32)51-19-28-14-29(51)17-44-28/h6-7,9-10,15-16,18,20,22-24,26,28-29,44,53H,8,11-14,17,19,21H2,1-5H3,(H,45,48)/t23-,24?,28?,29?/m0/s1. The summed E-state index contributed by atoms with van der Waals surface area (Å²) < 4.78 is 29.9. The number of aryl methyl sites for hydroxylation is 1. The second-order valence-electron chi connectivity index (χ2n) is 16.0. The minimum atomic E-state index is -0.345. The Bertz CT molecular complexity index is 2370. The summed E-state index contributed by atoms with van der Waals surface area (Å²) in [5.41, 5.74) is 6.60. The number of benzene rings is 3. The fraction of sp³-hybridized carbons (Fsp3) is 0.452. The average molecular weight is 746 g/mol. The Morgan fingerprint density at radius 1 is 1.02 bits per heavy atom. The van der Waals surface area contributed by atoms with Gasteiger partial charge in [0.25, 0.3) is 0 Å². The van der Waals surface area contributed by atoms with Crippen molar-refractivity contribution in [3.05, 3.63) is 71.3 Å². The van der Waals surface area contributed by atoms with E-state index < -0.39 is 0 Å². The molecule has 3 aromatic heterocycles. The van der Waals surface area contributed by atoms with E-state index >= 15 is 4.39 Å². The molecule has 12 nitrogen and oxygen atoms in total. The molecule has 286 valence electrons. The van der Waals surface area contributed by atoms with Crippen molar-refractivity contribution < 1.29 is 19.0 Å². The highest BCUT2D eigenvalue weighted by Gasteiger charge is 2.40. The van der Waals surface area contributed by atoms with Gasteiger partial charge in [-0.2, -0.15) is 15.1 Å². The smallest absolute Gasteiger partial charge is 0.319 e. The predicted octanol–water partition coefficient (Wildman–Crippen LogP) is 7.12. The van der Waals surface area contributed by atoms with E-state index in [0.717, 1.165) is 71.3 Å². The van der Waals surface area contributed by atoms with Crippen LogP contribution in [0.4, 0.5) is 10.2 Å². The highest BCUT2D eigenvalue weighted by atomic mass is 19.1. The Kier molecular flexibility index (Phi) is 9.16. The van der Waals surface area contributed by atoms with Crippen molar-refractivity contribution >= 4 is 27.6 Å². The first kappa shape index (κ1) is 35.6. The fourth-order valence-electron chi connectivity index (χ4n) is 8.23. The maximum atomic E-state index is 16.5. The lowest BCUT2D eigenvalue weighted by atomic mass is 9.86. The van der Waals surface area contributed by atoms with Crippen LogP contribution < -0.4 is 15.0 Å². The van der Waals surface area contributed by atoms with E-state index in [1.54, 1.807) is 13.3 Å². The lowest BCUT2D eigenvalue weighted by Crippen LogP contribution is -2.44. The van der Waals surface area contributed by atoms with E-state index in [9.17, 15) is 5.11 Å². The van der Waals surface area contributed by atoms with Crippen LogP contribution in [0.5, 0.6) is 11.8 Å². The third-order valence-electron chi connectivity index (χ3n) is 12.0. The van der Waals surface area contributed by atoms with Crippen LogP contribution in [0.15, 0.2) is 48.8 Å². The molecule has 13 heteroatoms. The Labute approximate surface area is 319 Å². The number of methoxy groups -OCH3 is 1. The second-order valence-corrected chi connectivity index (χ2v) is 16.0. The van der Waals surface area contributed by atoms with Gasteiger partial charge in [-0.1, -0.05) is 43.3 Å². The first-order chi connectivity index (χ1) is 26.7. The molecule has 1 saturated carbocycles. The number of H-pyrrole nitrogens is 1. The number of nitrogens with zero attached hydrogens (tertiary/aromatic N) is 7. The number of rotatable bonds is 13. The largest absolute Gasteiger partial charge is 0.505 e. The second kappa shape index (κ2) is 14.2. The number of piperazine rings is 1. The first-order valence-corrected chi connectivity index (χ1v) is 19.6. The van der Waals surface area contributed by atoms with Gasteiger partial charge in [-0.05, 0) is 86.6 Å². The molecular formula is C42H48FN9O3. The molecule has 0 radical (unpaired) electrons. The van der Waals surface area contributed by atoms with Crippen molar-refractivity contribution in [1.29, 1.82) is 0 Å². The number of anilines is 1. The van der Waals surface area contributed by atoms with Crippen LogP contribution in [0, 0.1) is 11.7 Å². The number of ether oxygens (including phenoxy) is 2. The SMILES string of the molecule is CO[C@@H](C)COc1nc(N2CC3CC2CN3)c2cc(C3CC3)c(-c3c(CCc4ccc(-c5cn(C(C)C(C)C)nn5)cc4)c(F)cc4[nH]ncc34)c(O)c2n1. The molecule has 6 aromatic rings. The lowest BCUT2D eigenvalue weighted by Gasteiger charge is -2.30. The van der Waals surface area contributed by atoms with E-state index in [1.807, 2.05) is 29.9 Å². The van der Waals surface area contributed by atoms with Gasteiger partial charge in [-0.15, -0.1) is 5.10 Å². The Morgan fingerprint density at radius 3 is 2.55 bits per heavy atom. The molecule has 3 aliphatic rings. The normalized spacial score (nSPS) is 19.3. The summed E-state index contributed by atoms with van der Waals surface area (Å²) in [5, 5.41) is 33.7. The van der Waals surface area contributed by atoms with E-state index in [2.05, 4.69) is 69.7 Å². The van der Waals surface area contributed by atoms with Gasteiger partial charge in [0.15, 0.2) is 0 Å². The van der Waals surface area contributed by atoms with Gasteiger partial charge in [0.2, 0.25) is 0 Å². The molecule has 0 amide bonds. The summed E-state index contributed by atoms with van der Waals surface area (Å²) in [5.74, 6) is 1.09. The van der Waals surface area contributed by atoms with Gasteiger partial charge >= 0.3 is 6.01 Å². The zero-order valence-corrected chi connectivity index (χ0v) is 32.0. The molecule has 3 unspecified atom stereocenters. The molecule has 9 rings (SSSR count). The number of aromatic hydroxyl groups is 1. The summed E-state index contributed by atoms with van der Waals surface area (Å²) in [6.45, 7) is 10.3. The average Bonchev–Trinajstić information content (AvgIpc) is 3.55. The summed E-state index contributed by atoms with van der Waals surface area (Å²) in [6, 6.07) is 13.0. The predicted molar refractivity (Wildman–Crippen MR) is 210 cm³/mol. The van der Waals surface area contributed by atoms with Crippen molar-refractivity contribution in [2.24, 2.45) is 5.92 Å². The molecule has 55 heavy (non-hydrogen) atoms. The van der Waals surface area contributed by atoms with Crippen LogP contribution >= 0.6 is 0 Å². The van der Waals surface area contributed by atoms with Crippen molar-refractivity contribution in [3.63, 3.8) is 0 Å². The minimum absolute atomic E-state index is 0.00806. The molecule has 0 spiro atoms. The Morgan fingerprint density at radius 2 is 1.84 bits per heavy atom. The molecule has 2 bridgehead atoms. The van der Waals surface area contributed by atoms with E-state index in [0.29, 0.717) is 52.5 Å². The first-order valence-electron chi connectivity index (χ1n) is 19.6. The van der Waals surface area contributed by atoms with Gasteiger partial charge < -0.3 is 24.8 Å². The Balaban J connectivity index is 1.12. The summed E-state index contributed by atoms with van der Waals surface area (Å²) >= 11 is 0. The zero-order valence-electron chi connectivity index (χ0n) is 32.0. The zero-order chi connectivity index (χ0) is 38.0. The van der Waals surface area contributed by atoms with Crippen LogP contribution in [-0.4, -0.2) is 85.3 Å². The van der Waals surface area contributed by atoms with Crippen LogP contribution in [0.3, 0.4) is 0 Å². The van der Waals surface area contributed by atoms with E-state index in [-0.39, 0.29) is 48.3 Å². The maximum Gasteiger partial charge on any atom is 0.319 e. The van der Waals surface area contributed by atoms with Crippen molar-refractivity contribution in [2.45, 2.75) is 89.9 Å². The topological polar surface area (TPSA) is 139 Å². The molecular weight excluding hydrogens is 698 g/mol. The van der Waals surface area contributed by atoms with Crippen LogP contribution in [0.25, 0.3) is 44.2 Å². The number of hydrogen-bond donors (Lipinski definition) is 3. The van der Waals surface area contributed by atoms with Gasteiger partial charge in [0.05, 0.1) is 30.1 Å². The van der Waals surface area contributed by atoms with Crippen molar-refractivity contribution in [1.82, 2.24) is 40.5 Å². The maximum absolute atomic E-state index is 16.5. The van der Waals surface area contributed by atoms with Gasteiger partial charge in [0, 0.05) is 59.7 Å². The quantitative estimate of drug-likeness (QED) is 0.112. The van der Waals surface area contributed by atoms with Gasteiger partial charge in [0.1, 0.15) is 35.2 Å². The minimum Gasteiger partial charge on any atom is -0.505 e. The van der Waals surface area contributed by atoms with E-state index in [4.69, 9.17) is 19.4 Å². The van der Waals surface area contributed by atoms with E-state index in [1.165, 1.54) is 6.07 Å². The molecule has 5 heterocycles. The highest BCUT2D eigenvalue weighted by molar-refractivity contribution is 6.06. The molecule has 3 N–H and O–H groups in total. The summed E-state index contributed by atoms with van der Waals surface area (Å²) in [7, 11) is 1.64. The number of fused-ring (bicyclic) bond motifs is 4. The molecule has 4 atom stereocenters. The third kappa shape index (κ3) is 6.56. The van der Waals surface area contributed by atoms with Crippen molar-refractivity contribution in [3.8, 4) is 34.1 Å². The fourth-order valence-corrected chi connectivity index (χ4v) is 8.23. The van der Waals surface area contributed by atoms with Gasteiger partial charge in [-0.3, -0.25) is 5.10 Å². The Hall–Kier alpha value is -5.14. The van der Waals surface area contributed by atoms with Crippen LogP contribution in [0.2, 0.25) is 0 Å². The number of phenols is 1.